The van der Waals surface area contributed by atoms with E-state index in [9.17, 15) is 14.7 Å². The Balaban J connectivity index is 1.12. The number of aryl methyl sites for hydroxylation is 1. The predicted molar refractivity (Wildman–Crippen MR) is 235 cm³/mol. The van der Waals surface area contributed by atoms with Crippen LogP contribution in [-0.2, 0) is 24.6 Å². The second kappa shape index (κ2) is 15.5. The van der Waals surface area contributed by atoms with Crippen molar-refractivity contribution >= 4 is 68.0 Å². The van der Waals surface area contributed by atoms with Crippen LogP contribution in [0.2, 0.25) is 0 Å². The van der Waals surface area contributed by atoms with Crippen molar-refractivity contribution < 1.29 is 29.0 Å². The average Bonchev–Trinajstić information content (AvgIpc) is 3.65. The van der Waals surface area contributed by atoms with E-state index in [-0.39, 0.29) is 36.2 Å². The standard InChI is InChI=1S/C48H43BrN6O6/c1-27-10-12-32(13-11-27)52-55-45(58)38-26-37-35(42(28-24-39(49)43(56)40(25-28)61-4)48(38,47(55)60)29-8-6-5-7-9-29)22-23-36-41(37)46(59)54(44(36)57)34-20-16-31(17-21-34)51-50-30-14-18-33(19-15-30)53(2)3/h5-22,24-25,36-38,41-42,52,56H,23,26H2,1-4H3/t36-,37+,38-,41-,42-,48+/m0/s1. The van der Waals surface area contributed by atoms with Gasteiger partial charge in [0.1, 0.15) is 0 Å². The van der Waals surface area contributed by atoms with Crippen LogP contribution < -0.4 is 20.0 Å². The minimum atomic E-state index is -1.48. The molecule has 2 N–H and O–H groups in total. The molecule has 0 radical (unpaired) electrons. The molecule has 13 heteroatoms. The van der Waals surface area contributed by atoms with E-state index in [1.807, 2.05) is 111 Å². The normalized spacial score (nSPS) is 24.4. The van der Waals surface area contributed by atoms with Crippen LogP contribution in [0.15, 0.2) is 142 Å². The van der Waals surface area contributed by atoms with Gasteiger partial charge in [0.25, 0.3) is 11.8 Å². The number of amides is 4. The summed E-state index contributed by atoms with van der Waals surface area (Å²) in [4.78, 5) is 62.9. The first-order chi connectivity index (χ1) is 29.4. The Morgan fingerprint density at radius 3 is 2.11 bits per heavy atom. The van der Waals surface area contributed by atoms with Crippen molar-refractivity contribution in [2.24, 2.45) is 33.9 Å². The number of benzene rings is 5. The number of phenols is 1. The highest BCUT2D eigenvalue weighted by atomic mass is 79.9. The number of allylic oxidation sites excluding steroid dienone is 2. The summed E-state index contributed by atoms with van der Waals surface area (Å²) in [6, 6.07) is 34.7. The van der Waals surface area contributed by atoms with Gasteiger partial charge in [0.15, 0.2) is 11.5 Å². The number of carbonyl (C=O) groups excluding carboxylic acids is 4. The number of imide groups is 2. The quantitative estimate of drug-likeness (QED) is 0.0848. The molecule has 0 aromatic heterocycles. The van der Waals surface area contributed by atoms with E-state index in [1.54, 1.807) is 36.4 Å². The molecule has 2 heterocycles. The number of aromatic hydroxyl groups is 1. The van der Waals surface area contributed by atoms with Crippen LogP contribution in [0.4, 0.5) is 28.4 Å². The van der Waals surface area contributed by atoms with Gasteiger partial charge in [0.2, 0.25) is 11.8 Å². The van der Waals surface area contributed by atoms with Gasteiger partial charge in [-0.15, -0.1) is 0 Å². The number of phenolic OH excluding ortho intramolecular Hbond substituents is 1. The molecule has 3 fully saturated rings. The van der Waals surface area contributed by atoms with E-state index in [0.29, 0.717) is 38.3 Å². The topological polar surface area (TPSA) is 144 Å². The van der Waals surface area contributed by atoms with Crippen molar-refractivity contribution in [1.82, 2.24) is 5.01 Å². The third-order valence-electron chi connectivity index (χ3n) is 12.8. The highest BCUT2D eigenvalue weighted by Gasteiger charge is 2.70. The Morgan fingerprint density at radius 2 is 1.48 bits per heavy atom. The van der Waals surface area contributed by atoms with Crippen LogP contribution in [-0.4, -0.2) is 54.9 Å². The lowest BCUT2D eigenvalue weighted by Gasteiger charge is -2.50. The molecule has 2 aliphatic carbocycles. The molecular formula is C48H43BrN6O6. The summed E-state index contributed by atoms with van der Waals surface area (Å²) < 4.78 is 5.97. The Morgan fingerprint density at radius 1 is 0.820 bits per heavy atom. The molecule has 0 spiro atoms. The summed E-state index contributed by atoms with van der Waals surface area (Å²) >= 11 is 3.51. The fourth-order valence-corrected chi connectivity index (χ4v) is 10.4. The van der Waals surface area contributed by atoms with Gasteiger partial charge in [-0.2, -0.15) is 15.2 Å². The van der Waals surface area contributed by atoms with Crippen molar-refractivity contribution in [3.05, 3.63) is 148 Å². The first kappa shape index (κ1) is 39.8. The third kappa shape index (κ3) is 6.49. The van der Waals surface area contributed by atoms with Crippen molar-refractivity contribution in [2.75, 3.05) is 36.4 Å². The SMILES string of the molecule is COc1cc([C@H]2C3=CC[C@@H]4C(=O)N(c5ccc(N=Nc6ccc(N(C)C)cc6)cc5)C(=O)[C@@H]4[C@@H]3C[C@H]3C(=O)N(Nc4ccc(C)cc4)C(=O)[C@@]23c2ccccc2)cc(Br)c1O. The number of anilines is 3. The minimum absolute atomic E-state index is 0.114. The van der Waals surface area contributed by atoms with Gasteiger partial charge in [-0.05, 0) is 126 Å². The largest absolute Gasteiger partial charge is 0.503 e. The molecule has 5 aromatic rings. The third-order valence-corrected chi connectivity index (χ3v) is 13.4. The van der Waals surface area contributed by atoms with Crippen LogP contribution in [0.25, 0.3) is 0 Å². The van der Waals surface area contributed by atoms with E-state index in [4.69, 9.17) is 4.74 Å². The summed E-state index contributed by atoms with van der Waals surface area (Å²) in [7, 11) is 5.38. The maximum atomic E-state index is 15.5. The number of hydrogen-bond acceptors (Lipinski definition) is 10. The van der Waals surface area contributed by atoms with Gasteiger partial charge in [-0.25, -0.2) is 0 Å². The van der Waals surface area contributed by atoms with Crippen LogP contribution >= 0.6 is 15.9 Å². The Hall–Kier alpha value is -6.60. The first-order valence-electron chi connectivity index (χ1n) is 20.1. The molecule has 2 saturated heterocycles. The molecule has 1 saturated carbocycles. The summed E-state index contributed by atoms with van der Waals surface area (Å²) in [5.41, 5.74) is 7.96. The maximum Gasteiger partial charge on any atom is 0.260 e. The maximum absolute atomic E-state index is 15.5. The Labute approximate surface area is 361 Å². The first-order valence-corrected chi connectivity index (χ1v) is 20.9. The smallest absolute Gasteiger partial charge is 0.260 e. The lowest BCUT2D eigenvalue weighted by Crippen LogP contribution is -2.53. The average molecular weight is 880 g/mol. The fourth-order valence-electron chi connectivity index (χ4n) is 9.89. The van der Waals surface area contributed by atoms with Crippen molar-refractivity contribution in [3.63, 3.8) is 0 Å². The summed E-state index contributed by atoms with van der Waals surface area (Å²) in [6.45, 7) is 1.96. The van der Waals surface area contributed by atoms with Crippen molar-refractivity contribution in [3.8, 4) is 11.5 Å². The van der Waals surface area contributed by atoms with Crippen molar-refractivity contribution in [1.29, 1.82) is 0 Å². The van der Waals surface area contributed by atoms with Gasteiger partial charge in [0, 0.05) is 25.7 Å². The van der Waals surface area contributed by atoms with Crippen LogP contribution in [0.1, 0.15) is 35.4 Å². The number of ether oxygens (including phenoxy) is 1. The molecule has 61 heavy (non-hydrogen) atoms. The van der Waals surface area contributed by atoms with Crippen molar-refractivity contribution in [2.45, 2.75) is 31.1 Å². The highest BCUT2D eigenvalue weighted by Crippen LogP contribution is 2.64. The van der Waals surface area contributed by atoms with E-state index >= 15 is 9.59 Å². The van der Waals surface area contributed by atoms with Gasteiger partial charge in [-0.3, -0.25) is 29.5 Å². The second-order valence-corrected chi connectivity index (χ2v) is 17.1. The molecule has 12 nitrogen and oxygen atoms in total. The Kier molecular flexibility index (Phi) is 10.1. The zero-order valence-electron chi connectivity index (χ0n) is 34.0. The number of methoxy groups -OCH3 is 1. The lowest BCUT2D eigenvalue weighted by molar-refractivity contribution is -0.138. The summed E-state index contributed by atoms with van der Waals surface area (Å²) in [5.74, 6) is -5.27. The number of nitrogens with zero attached hydrogens (tertiary/aromatic N) is 5. The van der Waals surface area contributed by atoms with Gasteiger partial charge in [0.05, 0.1) is 57.5 Å². The molecule has 2 aliphatic heterocycles. The molecule has 4 aliphatic rings. The number of hydrogen-bond donors (Lipinski definition) is 2. The molecule has 0 unspecified atom stereocenters. The van der Waals surface area contributed by atoms with Gasteiger partial charge < -0.3 is 14.7 Å². The Bertz CT molecular complexity index is 2630. The molecule has 6 atom stereocenters. The molecule has 5 aromatic carbocycles. The zero-order chi connectivity index (χ0) is 42.7. The molecule has 308 valence electrons. The number of azo groups is 1. The predicted octanol–water partition coefficient (Wildman–Crippen LogP) is 9.14. The van der Waals surface area contributed by atoms with E-state index in [0.717, 1.165) is 21.8 Å². The number of halogens is 1. The number of nitrogens with one attached hydrogen (secondary N) is 1. The molecule has 4 amide bonds. The summed E-state index contributed by atoms with van der Waals surface area (Å²) in [5, 5.41) is 20.8. The van der Waals surface area contributed by atoms with Crippen LogP contribution in [0, 0.1) is 30.6 Å². The molecular weight excluding hydrogens is 836 g/mol. The number of fused-ring (bicyclic) bond motifs is 4. The number of carbonyl (C=O) groups is 4. The fraction of sp³-hybridized carbons (Fsp3) is 0.250. The van der Waals surface area contributed by atoms with Gasteiger partial charge >= 0.3 is 0 Å². The van der Waals surface area contributed by atoms with Gasteiger partial charge in [-0.1, -0.05) is 59.7 Å². The second-order valence-electron chi connectivity index (χ2n) is 16.3. The highest BCUT2D eigenvalue weighted by molar-refractivity contribution is 9.10. The lowest BCUT2D eigenvalue weighted by atomic mass is 9.49. The summed E-state index contributed by atoms with van der Waals surface area (Å²) in [6.07, 6.45) is 2.40. The molecule has 0 bridgehead atoms. The van der Waals surface area contributed by atoms with Crippen LogP contribution in [0.3, 0.4) is 0 Å². The van der Waals surface area contributed by atoms with E-state index in [2.05, 4.69) is 31.6 Å². The van der Waals surface area contributed by atoms with Crippen LogP contribution in [0.5, 0.6) is 11.5 Å². The van der Waals surface area contributed by atoms with E-state index < -0.39 is 46.8 Å². The number of rotatable bonds is 9. The van der Waals surface area contributed by atoms with E-state index in [1.165, 1.54) is 12.0 Å². The molecule has 9 rings (SSSR count). The minimum Gasteiger partial charge on any atom is -0.503 e. The zero-order valence-corrected chi connectivity index (χ0v) is 35.5. The monoisotopic (exact) mass is 878 g/mol. The number of hydrazine groups is 1.